The number of nitrogens with zero attached hydrogens (tertiary/aromatic N) is 2. The number of hydrogen-bond acceptors (Lipinski definition) is 7. The van der Waals surface area contributed by atoms with Crippen molar-refractivity contribution >= 4 is 34.7 Å². The first-order valence-electron chi connectivity index (χ1n) is 8.53. The van der Waals surface area contributed by atoms with Crippen LogP contribution >= 0.6 is 0 Å². The number of para-hydroxylation sites is 2. The van der Waals surface area contributed by atoms with E-state index in [-0.39, 0.29) is 0 Å². The second-order valence-corrected chi connectivity index (χ2v) is 5.78. The van der Waals surface area contributed by atoms with Gasteiger partial charge < -0.3 is 21.1 Å². The maximum Gasteiger partial charge on any atom is 0.339 e. The molecule has 7 heteroatoms. The molecule has 0 spiro atoms. The number of benzene rings is 2. The summed E-state index contributed by atoms with van der Waals surface area (Å²) in [4.78, 5) is 20.4. The molecule has 0 radical (unpaired) electrons. The quantitative estimate of drug-likeness (QED) is 0.571. The second kappa shape index (κ2) is 8.18. The zero-order chi connectivity index (χ0) is 19.2. The number of nitrogens with one attached hydrogen (secondary N) is 2. The summed E-state index contributed by atoms with van der Waals surface area (Å²) in [5.74, 6) is 0.447. The fourth-order valence-corrected chi connectivity index (χ4v) is 2.68. The summed E-state index contributed by atoms with van der Waals surface area (Å²) in [5, 5.41) is 6.35. The van der Waals surface area contributed by atoms with Gasteiger partial charge in [-0.3, -0.25) is 0 Å². The van der Waals surface area contributed by atoms with Gasteiger partial charge in [0.15, 0.2) is 11.6 Å². The van der Waals surface area contributed by atoms with E-state index in [9.17, 15) is 4.79 Å². The molecular formula is C20H21N5O2. The SMILES string of the molecule is CCc1ccccc1Nc1ncnc(Nc2ccccc2C(=O)OC)c1N. The predicted molar refractivity (Wildman–Crippen MR) is 107 cm³/mol. The second-order valence-electron chi connectivity index (χ2n) is 5.78. The van der Waals surface area contributed by atoms with Gasteiger partial charge in [-0.15, -0.1) is 0 Å². The minimum atomic E-state index is -0.444. The van der Waals surface area contributed by atoms with E-state index >= 15 is 0 Å². The van der Waals surface area contributed by atoms with Crippen molar-refractivity contribution in [3.05, 3.63) is 66.0 Å². The van der Waals surface area contributed by atoms with Crippen molar-refractivity contribution in [2.45, 2.75) is 13.3 Å². The molecule has 2 aromatic carbocycles. The van der Waals surface area contributed by atoms with Crippen LogP contribution in [0.5, 0.6) is 0 Å². The van der Waals surface area contributed by atoms with Crippen LogP contribution in [-0.2, 0) is 11.2 Å². The lowest BCUT2D eigenvalue weighted by Gasteiger charge is -2.15. The average molecular weight is 363 g/mol. The number of methoxy groups -OCH3 is 1. The van der Waals surface area contributed by atoms with Crippen molar-refractivity contribution in [2.24, 2.45) is 0 Å². The number of nitrogens with two attached hydrogens (primary N) is 1. The van der Waals surface area contributed by atoms with E-state index < -0.39 is 5.97 Å². The average Bonchev–Trinajstić information content (AvgIpc) is 2.71. The molecule has 0 saturated carbocycles. The van der Waals surface area contributed by atoms with Gasteiger partial charge in [0.25, 0.3) is 0 Å². The Hall–Kier alpha value is -3.61. The maximum atomic E-state index is 11.9. The van der Waals surface area contributed by atoms with Gasteiger partial charge in [0.05, 0.1) is 18.4 Å². The highest BCUT2D eigenvalue weighted by Crippen LogP contribution is 2.30. The lowest BCUT2D eigenvalue weighted by atomic mass is 10.1. The molecule has 138 valence electrons. The van der Waals surface area contributed by atoms with Gasteiger partial charge in [0, 0.05) is 5.69 Å². The van der Waals surface area contributed by atoms with E-state index in [4.69, 9.17) is 10.5 Å². The van der Waals surface area contributed by atoms with Gasteiger partial charge in [-0.2, -0.15) is 0 Å². The Morgan fingerprint density at radius 2 is 1.59 bits per heavy atom. The molecule has 1 heterocycles. The van der Waals surface area contributed by atoms with Crippen molar-refractivity contribution in [2.75, 3.05) is 23.5 Å². The molecule has 0 saturated heterocycles. The molecule has 3 rings (SSSR count). The normalized spacial score (nSPS) is 10.3. The molecule has 7 nitrogen and oxygen atoms in total. The number of hydrogen-bond donors (Lipinski definition) is 3. The largest absolute Gasteiger partial charge is 0.465 e. The zero-order valence-corrected chi connectivity index (χ0v) is 15.2. The topological polar surface area (TPSA) is 102 Å². The zero-order valence-electron chi connectivity index (χ0n) is 15.2. The number of nitrogen functional groups attached to an aromatic ring is 1. The van der Waals surface area contributed by atoms with Crippen molar-refractivity contribution in [1.82, 2.24) is 9.97 Å². The number of carbonyl (C=O) groups is 1. The molecule has 27 heavy (non-hydrogen) atoms. The fraction of sp³-hybridized carbons (Fsp3) is 0.150. The summed E-state index contributed by atoms with van der Waals surface area (Å²) in [5.41, 5.74) is 9.65. The Bertz CT molecular complexity index is 959. The third kappa shape index (κ3) is 3.98. The van der Waals surface area contributed by atoms with Crippen LogP contribution in [0.1, 0.15) is 22.8 Å². The summed E-state index contributed by atoms with van der Waals surface area (Å²) >= 11 is 0. The Kier molecular flexibility index (Phi) is 5.51. The van der Waals surface area contributed by atoms with Crippen LogP contribution in [0.4, 0.5) is 28.7 Å². The van der Waals surface area contributed by atoms with Gasteiger partial charge in [0.2, 0.25) is 0 Å². The summed E-state index contributed by atoms with van der Waals surface area (Å²) in [6.45, 7) is 2.08. The minimum absolute atomic E-state index is 0.350. The number of aryl methyl sites for hydroxylation is 1. The third-order valence-electron chi connectivity index (χ3n) is 4.12. The molecule has 0 aliphatic heterocycles. The van der Waals surface area contributed by atoms with Crippen LogP contribution in [0, 0.1) is 0 Å². The van der Waals surface area contributed by atoms with Gasteiger partial charge >= 0.3 is 5.97 Å². The van der Waals surface area contributed by atoms with E-state index in [0.717, 1.165) is 17.7 Å². The van der Waals surface area contributed by atoms with Gasteiger partial charge in [-0.25, -0.2) is 14.8 Å². The number of esters is 1. The van der Waals surface area contributed by atoms with Crippen molar-refractivity contribution in [3.63, 3.8) is 0 Å². The van der Waals surface area contributed by atoms with Crippen molar-refractivity contribution in [3.8, 4) is 0 Å². The summed E-state index contributed by atoms with van der Waals surface area (Å²) in [6, 6.07) is 15.0. The Balaban J connectivity index is 1.91. The molecule has 1 aromatic heterocycles. The first kappa shape index (κ1) is 18.2. The highest BCUT2D eigenvalue weighted by atomic mass is 16.5. The van der Waals surface area contributed by atoms with E-state index in [1.807, 2.05) is 30.3 Å². The van der Waals surface area contributed by atoms with E-state index in [1.165, 1.54) is 13.4 Å². The number of anilines is 5. The van der Waals surface area contributed by atoms with E-state index in [0.29, 0.717) is 28.6 Å². The molecule has 0 bridgehead atoms. The van der Waals surface area contributed by atoms with Crippen LogP contribution in [-0.4, -0.2) is 23.0 Å². The Morgan fingerprint density at radius 3 is 2.26 bits per heavy atom. The lowest BCUT2D eigenvalue weighted by Crippen LogP contribution is -2.09. The predicted octanol–water partition coefficient (Wildman–Crippen LogP) is 3.90. The minimum Gasteiger partial charge on any atom is -0.465 e. The van der Waals surface area contributed by atoms with Gasteiger partial charge in [-0.1, -0.05) is 37.3 Å². The smallest absolute Gasteiger partial charge is 0.339 e. The summed E-state index contributed by atoms with van der Waals surface area (Å²) in [7, 11) is 1.34. The van der Waals surface area contributed by atoms with Crippen molar-refractivity contribution in [1.29, 1.82) is 0 Å². The summed E-state index contributed by atoms with van der Waals surface area (Å²) < 4.78 is 4.82. The number of ether oxygens (including phenoxy) is 1. The highest BCUT2D eigenvalue weighted by molar-refractivity contribution is 5.97. The maximum absolute atomic E-state index is 11.9. The first-order valence-corrected chi connectivity index (χ1v) is 8.53. The lowest BCUT2D eigenvalue weighted by molar-refractivity contribution is 0.0602. The number of rotatable bonds is 6. The molecule has 0 aliphatic rings. The monoisotopic (exact) mass is 363 g/mol. The van der Waals surface area contributed by atoms with Crippen LogP contribution in [0.25, 0.3) is 0 Å². The van der Waals surface area contributed by atoms with Crippen LogP contribution < -0.4 is 16.4 Å². The van der Waals surface area contributed by atoms with Gasteiger partial charge in [-0.05, 0) is 30.2 Å². The van der Waals surface area contributed by atoms with E-state index in [2.05, 4.69) is 27.5 Å². The number of carbonyl (C=O) groups excluding carboxylic acids is 1. The van der Waals surface area contributed by atoms with Crippen molar-refractivity contribution < 1.29 is 9.53 Å². The molecule has 0 fully saturated rings. The molecule has 0 atom stereocenters. The van der Waals surface area contributed by atoms with Crippen LogP contribution in [0.15, 0.2) is 54.9 Å². The standard InChI is InChI=1S/C20H21N5O2/c1-3-13-8-4-6-10-15(13)24-18-17(21)19(23-12-22-18)25-16-11-7-5-9-14(16)20(26)27-2/h4-12H,3,21H2,1-2H3,(H2,22,23,24,25). The third-order valence-corrected chi connectivity index (χ3v) is 4.12. The Morgan fingerprint density at radius 1 is 1.00 bits per heavy atom. The highest BCUT2D eigenvalue weighted by Gasteiger charge is 2.15. The Labute approximate surface area is 157 Å². The molecule has 0 aliphatic carbocycles. The van der Waals surface area contributed by atoms with E-state index in [1.54, 1.807) is 18.2 Å². The first-order chi connectivity index (χ1) is 13.1. The molecule has 0 unspecified atom stereocenters. The van der Waals surface area contributed by atoms with Gasteiger partial charge in [0.1, 0.15) is 12.0 Å². The van der Waals surface area contributed by atoms with Crippen LogP contribution in [0.2, 0.25) is 0 Å². The van der Waals surface area contributed by atoms with Crippen LogP contribution in [0.3, 0.4) is 0 Å². The summed E-state index contributed by atoms with van der Waals surface area (Å²) in [6.07, 6.45) is 2.29. The molecule has 4 N–H and O–H groups in total. The molecule has 0 amide bonds. The molecule has 3 aromatic rings. The number of aromatic nitrogens is 2. The molecular weight excluding hydrogens is 342 g/mol. The fourth-order valence-electron chi connectivity index (χ4n) is 2.68.